The van der Waals surface area contributed by atoms with Gasteiger partial charge in [0.05, 0.1) is 31.3 Å². The van der Waals surface area contributed by atoms with Crippen LogP contribution < -0.4 is 29.7 Å². The highest BCUT2D eigenvalue weighted by molar-refractivity contribution is 5.88. The summed E-state index contributed by atoms with van der Waals surface area (Å²) in [5.41, 5.74) is -0.937. The topological polar surface area (TPSA) is 127 Å². The first-order valence-corrected chi connectivity index (χ1v) is 13.4. The van der Waals surface area contributed by atoms with E-state index in [9.17, 15) is 19.1 Å². The van der Waals surface area contributed by atoms with Crippen molar-refractivity contribution in [1.29, 1.82) is 0 Å². The van der Waals surface area contributed by atoms with Crippen molar-refractivity contribution in [1.82, 2.24) is 20.3 Å². The Bertz CT molecular complexity index is 1190. The van der Waals surface area contributed by atoms with Crippen LogP contribution in [0, 0.1) is 5.92 Å². The predicted octanol–water partition coefficient (Wildman–Crippen LogP) is 1.17. The van der Waals surface area contributed by atoms with Gasteiger partial charge in [0, 0.05) is 46.3 Å². The third-order valence-corrected chi connectivity index (χ3v) is 7.60. The van der Waals surface area contributed by atoms with Crippen LogP contribution in [0.15, 0.2) is 24.3 Å². The summed E-state index contributed by atoms with van der Waals surface area (Å²) in [5.74, 6) is 0.272. The van der Waals surface area contributed by atoms with E-state index in [0.717, 1.165) is 24.5 Å². The van der Waals surface area contributed by atoms with E-state index < -0.39 is 17.5 Å². The number of aliphatic carboxylic acids is 1. The lowest BCUT2D eigenvalue weighted by Crippen LogP contribution is -2.66. The number of carbonyl (C=O) groups excluding carboxylic acids is 1. The number of carbonyl (C=O) groups is 2. The Labute approximate surface area is 226 Å². The molecule has 39 heavy (non-hydrogen) atoms. The van der Waals surface area contributed by atoms with Gasteiger partial charge in [0.15, 0.2) is 0 Å². The van der Waals surface area contributed by atoms with Crippen LogP contribution in [0.5, 0.6) is 5.75 Å². The molecular formula is C26H35FN8O4. The zero-order valence-corrected chi connectivity index (χ0v) is 22.3. The quantitative estimate of drug-likeness (QED) is 0.499. The number of piperazine rings is 1. The largest absolute Gasteiger partial charge is 0.492 e. The number of alkyl halides is 1. The highest BCUT2D eigenvalue weighted by Crippen LogP contribution is 2.33. The second-order valence-corrected chi connectivity index (χ2v) is 10.1. The van der Waals surface area contributed by atoms with Crippen molar-refractivity contribution in [3.05, 3.63) is 24.3 Å². The first-order valence-electron chi connectivity index (χ1n) is 13.4. The van der Waals surface area contributed by atoms with Crippen LogP contribution in [0.2, 0.25) is 0 Å². The summed E-state index contributed by atoms with van der Waals surface area (Å²) >= 11 is 0. The number of ether oxygens (including phenoxy) is 1. The molecule has 0 radical (unpaired) electrons. The third kappa shape index (κ3) is 5.48. The number of nitrogens with zero attached hydrogens (tertiary/aromatic N) is 7. The Morgan fingerprint density at radius 2 is 1.49 bits per heavy atom. The first-order chi connectivity index (χ1) is 18.8. The molecular weight excluding hydrogens is 507 g/mol. The number of anilines is 4. The molecule has 3 saturated heterocycles. The van der Waals surface area contributed by atoms with Crippen molar-refractivity contribution in [2.75, 3.05) is 85.6 Å². The fourth-order valence-corrected chi connectivity index (χ4v) is 5.31. The van der Waals surface area contributed by atoms with Gasteiger partial charge in [-0.15, -0.1) is 0 Å². The van der Waals surface area contributed by atoms with E-state index in [1.54, 1.807) is 4.90 Å². The highest BCUT2D eigenvalue weighted by atomic mass is 19.1. The average molecular weight is 543 g/mol. The van der Waals surface area contributed by atoms with Gasteiger partial charge in [0.1, 0.15) is 5.75 Å². The van der Waals surface area contributed by atoms with Crippen molar-refractivity contribution in [2.45, 2.75) is 25.4 Å². The van der Waals surface area contributed by atoms with Gasteiger partial charge < -0.3 is 34.8 Å². The van der Waals surface area contributed by atoms with E-state index in [4.69, 9.17) is 9.72 Å². The summed E-state index contributed by atoms with van der Waals surface area (Å²) < 4.78 is 20.8. The van der Waals surface area contributed by atoms with E-state index >= 15 is 0 Å². The molecule has 0 spiro atoms. The van der Waals surface area contributed by atoms with Gasteiger partial charge in [-0.2, -0.15) is 15.0 Å². The van der Waals surface area contributed by atoms with E-state index in [-0.39, 0.29) is 19.0 Å². The summed E-state index contributed by atoms with van der Waals surface area (Å²) in [6, 6.07) is 7.99. The SMILES string of the molecule is CCOc1ccccc1N1CCN(c2nc(N3CCC(C(=O)O)CC3)nc(N3CC(F)(C(=O)NC)C3)n2)CC1. The number of nitrogens with one attached hydrogen (secondary N) is 1. The van der Waals surface area contributed by atoms with E-state index in [1.807, 2.05) is 30.0 Å². The normalized spacial score (nSPS) is 19.5. The van der Waals surface area contributed by atoms with Crippen LogP contribution in [0.4, 0.5) is 27.9 Å². The van der Waals surface area contributed by atoms with Gasteiger partial charge in [0.25, 0.3) is 5.91 Å². The number of carboxylic acid groups (broad SMARTS) is 1. The monoisotopic (exact) mass is 542 g/mol. The number of para-hydroxylation sites is 2. The minimum atomic E-state index is -1.99. The molecule has 0 bridgehead atoms. The number of aromatic nitrogens is 3. The number of amides is 1. The Kier molecular flexibility index (Phi) is 7.58. The standard InChI is InChI=1S/C26H35FN8O4/c1-3-39-20-7-5-4-6-19(20)32-12-14-34(15-13-32)24-29-23(33-10-8-18(9-11-33)21(36)37)30-25(31-24)35-16-26(27,17-35)22(38)28-2/h4-7,18H,3,8-17H2,1-2H3,(H,28,38)(H,36,37). The maximum absolute atomic E-state index is 14.9. The zero-order chi connectivity index (χ0) is 27.6. The Morgan fingerprint density at radius 1 is 0.949 bits per heavy atom. The molecule has 3 fully saturated rings. The predicted molar refractivity (Wildman–Crippen MR) is 145 cm³/mol. The second-order valence-electron chi connectivity index (χ2n) is 10.1. The summed E-state index contributed by atoms with van der Waals surface area (Å²) in [5, 5.41) is 11.8. The molecule has 2 aromatic rings. The first kappa shape index (κ1) is 26.7. The summed E-state index contributed by atoms with van der Waals surface area (Å²) in [7, 11) is 1.42. The fraction of sp³-hybridized carbons (Fsp3) is 0.577. The molecule has 5 rings (SSSR count). The highest BCUT2D eigenvalue weighted by Gasteiger charge is 2.51. The molecule has 4 heterocycles. The molecule has 0 atom stereocenters. The number of carboxylic acids is 1. The lowest BCUT2D eigenvalue weighted by Gasteiger charge is -2.43. The number of hydrogen-bond acceptors (Lipinski definition) is 10. The Balaban J connectivity index is 1.35. The molecule has 1 amide bonds. The number of hydrogen-bond donors (Lipinski definition) is 2. The maximum Gasteiger partial charge on any atom is 0.306 e. The zero-order valence-electron chi connectivity index (χ0n) is 22.3. The summed E-state index contributed by atoms with van der Waals surface area (Å²) in [6.07, 6.45) is 0.995. The van der Waals surface area contributed by atoms with Gasteiger partial charge in [0.2, 0.25) is 23.5 Å². The summed E-state index contributed by atoms with van der Waals surface area (Å²) in [6.45, 7) is 6.09. The van der Waals surface area contributed by atoms with Gasteiger partial charge in [-0.3, -0.25) is 9.59 Å². The molecule has 3 aliphatic rings. The van der Waals surface area contributed by atoms with Gasteiger partial charge >= 0.3 is 5.97 Å². The molecule has 3 aliphatic heterocycles. The third-order valence-electron chi connectivity index (χ3n) is 7.60. The fourth-order valence-electron chi connectivity index (χ4n) is 5.31. The number of rotatable bonds is 8. The number of piperidine rings is 1. The molecule has 0 aliphatic carbocycles. The van der Waals surface area contributed by atoms with Crippen molar-refractivity contribution < 1.29 is 23.8 Å². The van der Waals surface area contributed by atoms with Crippen molar-refractivity contribution in [2.24, 2.45) is 5.92 Å². The smallest absolute Gasteiger partial charge is 0.306 e. The molecule has 1 aromatic heterocycles. The minimum Gasteiger partial charge on any atom is -0.492 e. The van der Waals surface area contributed by atoms with Crippen molar-refractivity contribution >= 4 is 35.4 Å². The second kappa shape index (κ2) is 11.1. The number of halogens is 1. The van der Waals surface area contributed by atoms with Crippen LogP contribution in [-0.2, 0) is 9.59 Å². The minimum absolute atomic E-state index is 0.140. The summed E-state index contributed by atoms with van der Waals surface area (Å²) in [4.78, 5) is 45.4. The van der Waals surface area contributed by atoms with Crippen LogP contribution in [-0.4, -0.2) is 104 Å². The van der Waals surface area contributed by atoms with Crippen LogP contribution in [0.25, 0.3) is 0 Å². The molecule has 13 heteroatoms. The van der Waals surface area contributed by atoms with Crippen LogP contribution >= 0.6 is 0 Å². The van der Waals surface area contributed by atoms with Crippen molar-refractivity contribution in [3.63, 3.8) is 0 Å². The van der Waals surface area contributed by atoms with Gasteiger partial charge in [-0.1, -0.05) is 12.1 Å². The average Bonchev–Trinajstić information content (AvgIpc) is 2.95. The molecule has 1 aromatic carbocycles. The van der Waals surface area contributed by atoms with E-state index in [1.165, 1.54) is 7.05 Å². The van der Waals surface area contributed by atoms with Crippen molar-refractivity contribution in [3.8, 4) is 5.75 Å². The Morgan fingerprint density at radius 3 is 2.05 bits per heavy atom. The number of benzene rings is 1. The molecule has 0 saturated carbocycles. The van der Waals surface area contributed by atoms with Gasteiger partial charge in [-0.25, -0.2) is 4.39 Å². The van der Waals surface area contributed by atoms with Crippen LogP contribution in [0.1, 0.15) is 19.8 Å². The van der Waals surface area contributed by atoms with E-state index in [0.29, 0.717) is 63.5 Å². The molecule has 210 valence electrons. The van der Waals surface area contributed by atoms with E-state index in [2.05, 4.69) is 31.2 Å². The molecule has 0 unspecified atom stereocenters. The Hall–Kier alpha value is -3.90. The lowest BCUT2D eigenvalue weighted by molar-refractivity contribution is -0.142. The molecule has 2 N–H and O–H groups in total. The van der Waals surface area contributed by atoms with Gasteiger partial charge in [-0.05, 0) is 31.9 Å². The molecule has 12 nitrogen and oxygen atoms in total. The maximum atomic E-state index is 14.9. The van der Waals surface area contributed by atoms with Crippen LogP contribution in [0.3, 0.4) is 0 Å². The lowest BCUT2D eigenvalue weighted by atomic mass is 9.96.